The minimum Gasteiger partial charge on any atom is -0.480 e. The minimum atomic E-state index is -0.979. The van der Waals surface area contributed by atoms with Crippen LogP contribution < -0.4 is 0 Å². The molecule has 0 amide bonds. The van der Waals surface area contributed by atoms with Gasteiger partial charge in [0.1, 0.15) is 0 Å². The topological polar surface area (TPSA) is 162 Å². The van der Waals surface area contributed by atoms with E-state index in [1.54, 1.807) is 19.6 Å². The molecule has 1 fully saturated rings. The van der Waals surface area contributed by atoms with Crippen molar-refractivity contribution in [3.63, 3.8) is 0 Å². The van der Waals surface area contributed by atoms with Gasteiger partial charge in [0.15, 0.2) is 0 Å². The molecule has 177 valence electrons. The second kappa shape index (κ2) is 16.6. The Balaban J connectivity index is 0.00000900. The molecule has 1 heterocycles. The number of hydrogen-bond donors (Lipinski definition) is 4. The third-order valence-electron chi connectivity index (χ3n) is 4.80. The van der Waals surface area contributed by atoms with Gasteiger partial charge in [0.2, 0.25) is 0 Å². The monoisotopic (exact) mass is 590 g/mol. The van der Waals surface area contributed by atoms with Gasteiger partial charge in [0.25, 0.3) is 0 Å². The molecular weight excluding hydrogens is 557 g/mol. The average Bonchev–Trinajstić information content (AvgIpc) is 2.60. The van der Waals surface area contributed by atoms with Crippen molar-refractivity contribution in [3.05, 3.63) is 0 Å². The molecule has 0 spiro atoms. The van der Waals surface area contributed by atoms with E-state index in [0.29, 0.717) is 65.2 Å². The van der Waals surface area contributed by atoms with Gasteiger partial charge in [-0.1, -0.05) is 0 Å². The molecular formula is C18H32GdN4O8+3. The zero-order valence-corrected chi connectivity index (χ0v) is 19.7. The molecule has 13 heteroatoms. The van der Waals surface area contributed by atoms with Crippen LogP contribution >= 0.6 is 0 Å². The van der Waals surface area contributed by atoms with Crippen molar-refractivity contribution in [1.29, 1.82) is 0 Å². The van der Waals surface area contributed by atoms with Gasteiger partial charge in [-0.15, -0.1) is 0 Å². The first kappa shape index (κ1) is 30.0. The summed E-state index contributed by atoms with van der Waals surface area (Å²) < 4.78 is 0. The van der Waals surface area contributed by atoms with Crippen LogP contribution in [0.1, 0.15) is 12.8 Å². The van der Waals surface area contributed by atoms with Crippen molar-refractivity contribution in [3.8, 4) is 0 Å². The van der Waals surface area contributed by atoms with Gasteiger partial charge in [0.05, 0.1) is 26.2 Å². The van der Waals surface area contributed by atoms with Crippen LogP contribution in [0.2, 0.25) is 0 Å². The van der Waals surface area contributed by atoms with E-state index >= 15 is 0 Å². The standard InChI is InChI=1S/C18H32N4O8.Gd/c23-15(24)11-19-3-1-4-20(12-16(25)26)8-10-22(14-18(29)30)6-2-5-21(9-7-19)13-17(27)28;/h1-14H2,(H,23,24)(H,25,26)(H,27,28)(H,29,30);/q;+3. The summed E-state index contributed by atoms with van der Waals surface area (Å²) >= 11 is 0. The molecule has 0 saturated carbocycles. The number of aliphatic carboxylic acids is 4. The summed E-state index contributed by atoms with van der Waals surface area (Å²) in [5, 5.41) is 36.5. The van der Waals surface area contributed by atoms with Crippen LogP contribution in [0.25, 0.3) is 0 Å². The first-order chi connectivity index (χ1) is 14.2. The molecule has 1 rings (SSSR count). The van der Waals surface area contributed by atoms with Crippen LogP contribution in [0.15, 0.2) is 0 Å². The van der Waals surface area contributed by atoms with Gasteiger partial charge in [-0.3, -0.25) is 38.8 Å². The van der Waals surface area contributed by atoms with Crippen LogP contribution in [0.5, 0.6) is 0 Å². The fourth-order valence-corrected chi connectivity index (χ4v) is 3.45. The first-order valence-corrected chi connectivity index (χ1v) is 9.92. The van der Waals surface area contributed by atoms with E-state index in [-0.39, 0.29) is 66.1 Å². The fourth-order valence-electron chi connectivity index (χ4n) is 3.45. The van der Waals surface area contributed by atoms with Gasteiger partial charge in [-0.25, -0.2) is 0 Å². The Labute approximate surface area is 213 Å². The molecule has 0 aromatic heterocycles. The maximum Gasteiger partial charge on any atom is 3.00 e. The van der Waals surface area contributed by atoms with E-state index < -0.39 is 23.9 Å². The van der Waals surface area contributed by atoms with Crippen molar-refractivity contribution in [2.24, 2.45) is 0 Å². The molecule has 1 radical (unpaired) electrons. The summed E-state index contributed by atoms with van der Waals surface area (Å²) in [6.45, 7) is 2.52. The second-order valence-electron chi connectivity index (χ2n) is 7.39. The Morgan fingerprint density at radius 2 is 0.645 bits per heavy atom. The molecule has 1 aliphatic heterocycles. The summed E-state index contributed by atoms with van der Waals surface area (Å²) in [6, 6.07) is 0. The van der Waals surface area contributed by atoms with Crippen molar-refractivity contribution in [2.45, 2.75) is 12.8 Å². The number of rotatable bonds is 8. The number of carbonyl (C=O) groups is 4. The van der Waals surface area contributed by atoms with Gasteiger partial charge in [-0.2, -0.15) is 0 Å². The normalized spacial score (nSPS) is 19.1. The largest absolute Gasteiger partial charge is 3.00 e. The predicted octanol–water partition coefficient (Wildman–Crippen LogP) is -1.67. The molecule has 1 aliphatic rings. The molecule has 0 bridgehead atoms. The minimum absolute atomic E-state index is 0. The maximum atomic E-state index is 11.1. The number of carboxylic acid groups (broad SMARTS) is 4. The quantitative estimate of drug-likeness (QED) is 0.255. The summed E-state index contributed by atoms with van der Waals surface area (Å²) in [6.07, 6.45) is 1.08. The van der Waals surface area contributed by atoms with E-state index in [0.717, 1.165) is 0 Å². The van der Waals surface area contributed by atoms with E-state index in [2.05, 4.69) is 0 Å². The zero-order chi connectivity index (χ0) is 22.5. The van der Waals surface area contributed by atoms with Crippen molar-refractivity contribution < 1.29 is 79.5 Å². The van der Waals surface area contributed by atoms with Gasteiger partial charge in [-0.05, 0) is 12.8 Å². The van der Waals surface area contributed by atoms with Crippen molar-refractivity contribution >= 4 is 23.9 Å². The Hall–Kier alpha value is -0.955. The maximum absolute atomic E-state index is 11.1. The third kappa shape index (κ3) is 15.5. The van der Waals surface area contributed by atoms with E-state index in [1.165, 1.54) is 0 Å². The van der Waals surface area contributed by atoms with Crippen LogP contribution in [-0.4, -0.2) is 142 Å². The predicted molar refractivity (Wildman–Crippen MR) is 106 cm³/mol. The molecule has 1 saturated heterocycles. The summed E-state index contributed by atoms with van der Waals surface area (Å²) in [4.78, 5) is 51.5. The molecule has 4 N–H and O–H groups in total. The van der Waals surface area contributed by atoms with Crippen LogP contribution in [0, 0.1) is 39.9 Å². The Morgan fingerprint density at radius 3 is 0.806 bits per heavy atom. The smallest absolute Gasteiger partial charge is 0.480 e. The Kier molecular flexibility index (Phi) is 16.1. The first-order valence-electron chi connectivity index (χ1n) is 9.92. The van der Waals surface area contributed by atoms with Gasteiger partial charge in [0, 0.05) is 52.4 Å². The number of nitrogens with zero attached hydrogens (tertiary/aromatic N) is 4. The Bertz CT molecular complexity index is 497. The Morgan fingerprint density at radius 1 is 0.452 bits per heavy atom. The number of hydrogen-bond acceptors (Lipinski definition) is 8. The zero-order valence-electron chi connectivity index (χ0n) is 17.5. The van der Waals surface area contributed by atoms with E-state index in [9.17, 15) is 19.2 Å². The molecule has 31 heavy (non-hydrogen) atoms. The molecule has 0 aromatic carbocycles. The molecule has 12 nitrogen and oxygen atoms in total. The SMILES string of the molecule is O=C(O)CN1CCCN(CC(=O)O)CCN(CC(=O)O)CCCN(CC(=O)O)CC1.[Gd+3]. The average molecular weight is 590 g/mol. The molecule has 0 atom stereocenters. The summed E-state index contributed by atoms with van der Waals surface area (Å²) in [5.74, 6) is -3.92. The van der Waals surface area contributed by atoms with Crippen molar-refractivity contribution in [1.82, 2.24) is 19.6 Å². The second-order valence-corrected chi connectivity index (χ2v) is 7.39. The van der Waals surface area contributed by atoms with Gasteiger partial charge < -0.3 is 20.4 Å². The summed E-state index contributed by atoms with van der Waals surface area (Å²) in [5.41, 5.74) is 0. The van der Waals surface area contributed by atoms with Crippen LogP contribution in [0.4, 0.5) is 0 Å². The molecule has 0 aromatic rings. The van der Waals surface area contributed by atoms with Gasteiger partial charge >= 0.3 is 63.8 Å². The third-order valence-corrected chi connectivity index (χ3v) is 4.80. The van der Waals surface area contributed by atoms with Crippen LogP contribution in [0.3, 0.4) is 0 Å². The summed E-state index contributed by atoms with van der Waals surface area (Å²) in [7, 11) is 0. The van der Waals surface area contributed by atoms with Crippen molar-refractivity contribution in [2.75, 3.05) is 78.5 Å². The molecule has 0 unspecified atom stereocenters. The number of carboxylic acids is 4. The molecule has 0 aliphatic carbocycles. The van der Waals surface area contributed by atoms with E-state index in [1.807, 2.05) is 0 Å². The fraction of sp³-hybridized carbons (Fsp3) is 0.778. The van der Waals surface area contributed by atoms with Crippen LogP contribution in [-0.2, 0) is 19.2 Å². The van der Waals surface area contributed by atoms with E-state index in [4.69, 9.17) is 20.4 Å².